The van der Waals surface area contributed by atoms with Gasteiger partial charge in [-0.2, -0.15) is 0 Å². The largest absolute Gasteiger partial charge is 0.403 e. The molecule has 3 heterocycles. The molecular formula is C17H12N4O2S. The van der Waals surface area contributed by atoms with E-state index in [9.17, 15) is 4.79 Å². The van der Waals surface area contributed by atoms with Crippen LogP contribution in [0.25, 0.3) is 28.2 Å². The van der Waals surface area contributed by atoms with Crippen LogP contribution in [0.5, 0.6) is 0 Å². The lowest BCUT2D eigenvalue weighted by atomic mass is 10.2. The minimum atomic E-state index is -0.402. The second-order valence-electron chi connectivity index (χ2n) is 5.01. The molecule has 0 saturated heterocycles. The lowest BCUT2D eigenvalue weighted by molar-refractivity contribution is 0.516. The molecule has 0 aliphatic carbocycles. The van der Waals surface area contributed by atoms with Gasteiger partial charge >= 0.3 is 5.63 Å². The average Bonchev–Trinajstić information content (AvgIpc) is 3.15. The van der Waals surface area contributed by atoms with Gasteiger partial charge in [-0.15, -0.1) is 11.8 Å². The normalized spacial score (nSPS) is 11.0. The molecule has 0 spiro atoms. The van der Waals surface area contributed by atoms with Crippen molar-refractivity contribution in [3.8, 4) is 17.3 Å². The zero-order chi connectivity index (χ0) is 16.5. The van der Waals surface area contributed by atoms with E-state index in [-0.39, 0.29) is 5.89 Å². The zero-order valence-corrected chi connectivity index (χ0v) is 13.5. The van der Waals surface area contributed by atoms with Crippen molar-refractivity contribution in [1.82, 2.24) is 19.5 Å². The second kappa shape index (κ2) is 5.93. The quantitative estimate of drug-likeness (QED) is 0.535. The third kappa shape index (κ3) is 2.39. The van der Waals surface area contributed by atoms with E-state index in [4.69, 9.17) is 4.42 Å². The summed E-state index contributed by atoms with van der Waals surface area (Å²) >= 11 is 1.49. The van der Waals surface area contributed by atoms with E-state index in [0.29, 0.717) is 22.3 Å². The Hall–Kier alpha value is -2.93. The van der Waals surface area contributed by atoms with Crippen molar-refractivity contribution < 1.29 is 4.42 Å². The number of fused-ring (bicyclic) bond motifs is 1. The summed E-state index contributed by atoms with van der Waals surface area (Å²) in [7, 11) is 0. The van der Waals surface area contributed by atoms with Crippen LogP contribution in [0.3, 0.4) is 0 Å². The van der Waals surface area contributed by atoms with E-state index >= 15 is 0 Å². The van der Waals surface area contributed by atoms with E-state index in [1.54, 1.807) is 35.6 Å². The maximum atomic E-state index is 12.5. The van der Waals surface area contributed by atoms with Crippen LogP contribution in [-0.4, -0.2) is 25.8 Å². The number of imidazole rings is 1. The molecule has 0 amide bonds. The maximum Gasteiger partial charge on any atom is 0.348 e. The van der Waals surface area contributed by atoms with Crippen molar-refractivity contribution in [2.75, 3.05) is 6.26 Å². The molecule has 4 aromatic rings. The summed E-state index contributed by atoms with van der Waals surface area (Å²) in [6.07, 6.45) is 8.66. The monoisotopic (exact) mass is 336 g/mol. The Kier molecular flexibility index (Phi) is 3.62. The van der Waals surface area contributed by atoms with E-state index in [1.807, 2.05) is 30.5 Å². The van der Waals surface area contributed by atoms with Crippen molar-refractivity contribution in [2.45, 2.75) is 4.90 Å². The van der Waals surface area contributed by atoms with Crippen LogP contribution in [0.4, 0.5) is 0 Å². The molecule has 0 radical (unpaired) electrons. The molecule has 0 bridgehead atoms. The molecular weight excluding hydrogens is 324 g/mol. The Morgan fingerprint density at radius 3 is 2.88 bits per heavy atom. The van der Waals surface area contributed by atoms with Crippen LogP contribution in [0, 0.1) is 0 Å². The minimum Gasteiger partial charge on any atom is -0.403 e. The highest BCUT2D eigenvalue weighted by atomic mass is 32.2. The summed E-state index contributed by atoms with van der Waals surface area (Å²) in [5.74, 6) is 0.841. The van der Waals surface area contributed by atoms with Gasteiger partial charge in [-0.25, -0.2) is 19.7 Å². The van der Waals surface area contributed by atoms with Gasteiger partial charge in [-0.1, -0.05) is 6.07 Å². The van der Waals surface area contributed by atoms with E-state index < -0.39 is 5.63 Å². The summed E-state index contributed by atoms with van der Waals surface area (Å²) in [6, 6.07) is 9.16. The molecule has 0 atom stereocenters. The highest BCUT2D eigenvalue weighted by molar-refractivity contribution is 7.98. The van der Waals surface area contributed by atoms with Crippen molar-refractivity contribution in [3.63, 3.8) is 0 Å². The summed E-state index contributed by atoms with van der Waals surface area (Å²) in [6.45, 7) is 0. The van der Waals surface area contributed by atoms with Gasteiger partial charge in [0.25, 0.3) is 0 Å². The van der Waals surface area contributed by atoms with Gasteiger partial charge in [0.15, 0.2) is 5.82 Å². The third-order valence-corrected chi connectivity index (χ3v) is 4.39. The smallest absolute Gasteiger partial charge is 0.348 e. The number of hydrogen-bond donors (Lipinski definition) is 0. The molecule has 0 aliphatic heterocycles. The van der Waals surface area contributed by atoms with Crippen molar-refractivity contribution >= 4 is 22.7 Å². The summed E-state index contributed by atoms with van der Waals surface area (Å²) in [4.78, 5) is 26.3. The van der Waals surface area contributed by atoms with Crippen LogP contribution in [0.1, 0.15) is 0 Å². The molecule has 6 nitrogen and oxygen atoms in total. The number of aromatic nitrogens is 4. The fraction of sp³-hybridized carbons (Fsp3) is 0.0588. The Morgan fingerprint density at radius 1 is 1.17 bits per heavy atom. The zero-order valence-electron chi connectivity index (χ0n) is 12.7. The lowest BCUT2D eigenvalue weighted by Crippen LogP contribution is -2.06. The molecule has 3 aromatic heterocycles. The standard InChI is InChI=1S/C17H12N4O2S/c1-24-13-6-2-5-12-14(13)17(22)23-16(20-12)11-4-3-7-19-15(11)21-9-8-18-10-21/h2-10H,1H3. The Labute approximate surface area is 141 Å². The highest BCUT2D eigenvalue weighted by Crippen LogP contribution is 2.27. The van der Waals surface area contributed by atoms with Crippen molar-refractivity contribution in [1.29, 1.82) is 0 Å². The Balaban J connectivity index is 1.98. The SMILES string of the molecule is CSc1cccc2nc(-c3cccnc3-n3ccnc3)oc(=O)c12. The van der Waals surface area contributed by atoms with Gasteiger partial charge in [0, 0.05) is 23.5 Å². The molecule has 7 heteroatoms. The minimum absolute atomic E-state index is 0.238. The Morgan fingerprint density at radius 2 is 2.08 bits per heavy atom. The molecule has 24 heavy (non-hydrogen) atoms. The molecule has 0 saturated carbocycles. The fourth-order valence-corrected chi connectivity index (χ4v) is 3.13. The van der Waals surface area contributed by atoms with Gasteiger partial charge in [0.1, 0.15) is 6.33 Å². The van der Waals surface area contributed by atoms with E-state index in [2.05, 4.69) is 15.0 Å². The van der Waals surface area contributed by atoms with E-state index in [0.717, 1.165) is 4.90 Å². The molecule has 1 aromatic carbocycles. The number of rotatable bonds is 3. The molecule has 0 N–H and O–H groups in total. The highest BCUT2D eigenvalue weighted by Gasteiger charge is 2.15. The molecule has 118 valence electrons. The summed E-state index contributed by atoms with van der Waals surface area (Å²) in [5, 5.41) is 0.502. The Bertz CT molecular complexity index is 1070. The number of nitrogens with zero attached hydrogens (tertiary/aromatic N) is 4. The van der Waals surface area contributed by atoms with Gasteiger partial charge in [-0.3, -0.25) is 4.57 Å². The average molecular weight is 336 g/mol. The molecule has 0 aliphatic rings. The second-order valence-corrected chi connectivity index (χ2v) is 5.85. The van der Waals surface area contributed by atoms with Crippen LogP contribution in [-0.2, 0) is 0 Å². The van der Waals surface area contributed by atoms with Crippen LogP contribution in [0.15, 0.2) is 69.4 Å². The number of pyridine rings is 1. The third-order valence-electron chi connectivity index (χ3n) is 3.61. The first kappa shape index (κ1) is 14.6. The fourth-order valence-electron chi connectivity index (χ4n) is 2.53. The first-order chi connectivity index (χ1) is 11.8. The molecule has 0 unspecified atom stereocenters. The van der Waals surface area contributed by atoms with Gasteiger partial charge < -0.3 is 4.42 Å². The van der Waals surface area contributed by atoms with Crippen molar-refractivity contribution in [2.24, 2.45) is 0 Å². The summed E-state index contributed by atoms with van der Waals surface area (Å²) in [5.41, 5.74) is 0.831. The first-order valence-electron chi connectivity index (χ1n) is 7.19. The van der Waals surface area contributed by atoms with Crippen LogP contribution in [0.2, 0.25) is 0 Å². The van der Waals surface area contributed by atoms with Gasteiger partial charge in [0.2, 0.25) is 5.89 Å². The predicted molar refractivity (Wildman–Crippen MR) is 92.4 cm³/mol. The number of benzene rings is 1. The first-order valence-corrected chi connectivity index (χ1v) is 8.42. The lowest BCUT2D eigenvalue weighted by Gasteiger charge is -2.08. The van der Waals surface area contributed by atoms with Crippen molar-refractivity contribution in [3.05, 3.63) is 65.7 Å². The number of hydrogen-bond acceptors (Lipinski definition) is 6. The van der Waals surface area contributed by atoms with E-state index in [1.165, 1.54) is 11.8 Å². The molecule has 4 rings (SSSR count). The number of thioether (sulfide) groups is 1. The summed E-state index contributed by atoms with van der Waals surface area (Å²) < 4.78 is 7.25. The predicted octanol–water partition coefficient (Wildman–Crippen LogP) is 3.16. The topological polar surface area (TPSA) is 73.8 Å². The van der Waals surface area contributed by atoms with Gasteiger partial charge in [0.05, 0.1) is 16.5 Å². The van der Waals surface area contributed by atoms with Crippen LogP contribution >= 0.6 is 11.8 Å². The maximum absolute atomic E-state index is 12.5. The molecule has 0 fully saturated rings. The van der Waals surface area contributed by atoms with Crippen LogP contribution < -0.4 is 5.63 Å². The van der Waals surface area contributed by atoms with Gasteiger partial charge in [-0.05, 0) is 30.5 Å².